The van der Waals surface area contributed by atoms with Crippen LogP contribution in [0, 0.1) is 0 Å². The largest absolute Gasteiger partial charge is 0.462 e. The van der Waals surface area contributed by atoms with Crippen LogP contribution < -0.4 is 0 Å². The highest BCUT2D eigenvalue weighted by molar-refractivity contribution is 5.81. The SMILES string of the molecule is C=CC(=O)OCCC1OC1C. The lowest BCUT2D eigenvalue weighted by Gasteiger charge is -1.97. The van der Waals surface area contributed by atoms with Gasteiger partial charge in [-0.3, -0.25) is 0 Å². The first-order valence-electron chi connectivity index (χ1n) is 3.68. The van der Waals surface area contributed by atoms with Crippen molar-refractivity contribution in [3.05, 3.63) is 12.7 Å². The third-order valence-electron chi connectivity index (χ3n) is 1.65. The van der Waals surface area contributed by atoms with Crippen LogP contribution in [-0.4, -0.2) is 24.8 Å². The van der Waals surface area contributed by atoms with Crippen molar-refractivity contribution in [1.82, 2.24) is 0 Å². The predicted molar refractivity (Wildman–Crippen MR) is 40.1 cm³/mol. The highest BCUT2D eigenvalue weighted by Crippen LogP contribution is 2.23. The normalized spacial score (nSPS) is 27.7. The summed E-state index contributed by atoms with van der Waals surface area (Å²) >= 11 is 0. The Kier molecular flexibility index (Phi) is 2.65. The molecule has 0 N–H and O–H groups in total. The summed E-state index contributed by atoms with van der Waals surface area (Å²) in [4.78, 5) is 10.5. The molecule has 0 aromatic rings. The Hall–Kier alpha value is -0.830. The minimum Gasteiger partial charge on any atom is -0.462 e. The molecule has 11 heavy (non-hydrogen) atoms. The molecule has 2 unspecified atom stereocenters. The van der Waals surface area contributed by atoms with Crippen LogP contribution in [0.15, 0.2) is 12.7 Å². The van der Waals surface area contributed by atoms with E-state index >= 15 is 0 Å². The molecule has 3 heteroatoms. The second kappa shape index (κ2) is 3.53. The molecule has 0 bridgehead atoms. The summed E-state index contributed by atoms with van der Waals surface area (Å²) in [5.41, 5.74) is 0. The van der Waals surface area contributed by atoms with Crippen LogP contribution in [0.3, 0.4) is 0 Å². The summed E-state index contributed by atoms with van der Waals surface area (Å²) in [6.45, 7) is 5.71. The molecule has 0 saturated carbocycles. The molecule has 1 aliphatic rings. The average molecular weight is 156 g/mol. The zero-order valence-electron chi connectivity index (χ0n) is 6.58. The molecule has 0 aliphatic carbocycles. The molecule has 3 nitrogen and oxygen atoms in total. The molecule has 0 aromatic heterocycles. The van der Waals surface area contributed by atoms with Gasteiger partial charge in [-0.15, -0.1) is 0 Å². The molecule has 2 atom stereocenters. The van der Waals surface area contributed by atoms with Gasteiger partial charge in [0.05, 0.1) is 18.8 Å². The summed E-state index contributed by atoms with van der Waals surface area (Å²) in [6.07, 6.45) is 2.60. The van der Waals surface area contributed by atoms with E-state index in [2.05, 4.69) is 6.58 Å². The van der Waals surface area contributed by atoms with Crippen LogP contribution in [-0.2, 0) is 14.3 Å². The fourth-order valence-corrected chi connectivity index (χ4v) is 0.868. The molecule has 62 valence electrons. The standard InChI is InChI=1S/C8H12O3/c1-3-8(9)10-5-4-7-6(2)11-7/h3,6-7H,1,4-5H2,2H3. The number of ether oxygens (including phenoxy) is 2. The number of carbonyl (C=O) groups is 1. The zero-order valence-corrected chi connectivity index (χ0v) is 6.58. The Balaban J connectivity index is 1.96. The maximum absolute atomic E-state index is 10.5. The van der Waals surface area contributed by atoms with E-state index in [4.69, 9.17) is 9.47 Å². The van der Waals surface area contributed by atoms with E-state index in [-0.39, 0.29) is 5.97 Å². The molecule has 1 aliphatic heterocycles. The fraction of sp³-hybridized carbons (Fsp3) is 0.625. The topological polar surface area (TPSA) is 38.8 Å². The molecule has 0 radical (unpaired) electrons. The van der Waals surface area contributed by atoms with E-state index in [1.54, 1.807) is 0 Å². The Morgan fingerprint density at radius 3 is 2.91 bits per heavy atom. The van der Waals surface area contributed by atoms with Crippen molar-refractivity contribution in [2.24, 2.45) is 0 Å². The van der Waals surface area contributed by atoms with E-state index in [0.29, 0.717) is 18.8 Å². The van der Waals surface area contributed by atoms with Crippen molar-refractivity contribution < 1.29 is 14.3 Å². The van der Waals surface area contributed by atoms with Crippen LogP contribution in [0.2, 0.25) is 0 Å². The summed E-state index contributed by atoms with van der Waals surface area (Å²) in [5, 5.41) is 0. The third-order valence-corrected chi connectivity index (χ3v) is 1.65. The van der Waals surface area contributed by atoms with E-state index in [1.165, 1.54) is 0 Å². The second-order valence-corrected chi connectivity index (χ2v) is 2.54. The molecule has 1 rings (SSSR count). The highest BCUT2D eigenvalue weighted by atomic mass is 16.6. The average Bonchev–Trinajstić information content (AvgIpc) is 2.66. The lowest BCUT2D eigenvalue weighted by atomic mass is 10.3. The van der Waals surface area contributed by atoms with Crippen molar-refractivity contribution in [2.75, 3.05) is 6.61 Å². The van der Waals surface area contributed by atoms with E-state index in [0.717, 1.165) is 12.5 Å². The van der Waals surface area contributed by atoms with Gasteiger partial charge in [0, 0.05) is 12.5 Å². The summed E-state index contributed by atoms with van der Waals surface area (Å²) < 4.78 is 9.87. The first kappa shape index (κ1) is 8.27. The lowest BCUT2D eigenvalue weighted by Crippen LogP contribution is -2.04. The van der Waals surface area contributed by atoms with Crippen LogP contribution in [0.25, 0.3) is 0 Å². The van der Waals surface area contributed by atoms with Crippen molar-refractivity contribution in [3.8, 4) is 0 Å². The molecule has 1 saturated heterocycles. The van der Waals surface area contributed by atoms with Crippen LogP contribution >= 0.6 is 0 Å². The molecule has 0 aromatic carbocycles. The number of hydrogen-bond donors (Lipinski definition) is 0. The fourth-order valence-electron chi connectivity index (χ4n) is 0.868. The first-order chi connectivity index (χ1) is 5.24. The Labute approximate surface area is 66.0 Å². The molecule has 0 spiro atoms. The van der Waals surface area contributed by atoms with Gasteiger partial charge in [-0.25, -0.2) is 4.79 Å². The third kappa shape index (κ3) is 2.72. The van der Waals surface area contributed by atoms with Crippen molar-refractivity contribution >= 4 is 5.97 Å². The maximum Gasteiger partial charge on any atom is 0.330 e. The number of rotatable bonds is 4. The second-order valence-electron chi connectivity index (χ2n) is 2.54. The molecular formula is C8H12O3. The van der Waals surface area contributed by atoms with Gasteiger partial charge in [0.2, 0.25) is 0 Å². The zero-order chi connectivity index (χ0) is 8.27. The van der Waals surface area contributed by atoms with Gasteiger partial charge in [0.1, 0.15) is 0 Å². The minimum absolute atomic E-state index is 0.299. The maximum atomic E-state index is 10.5. The molecular weight excluding hydrogens is 144 g/mol. The van der Waals surface area contributed by atoms with E-state index < -0.39 is 0 Å². The molecule has 0 amide bonds. The Bertz CT molecular complexity index is 165. The summed E-state index contributed by atoms with van der Waals surface area (Å²) in [7, 11) is 0. The summed E-state index contributed by atoms with van der Waals surface area (Å²) in [5.74, 6) is -0.363. The van der Waals surface area contributed by atoms with Gasteiger partial charge in [0.15, 0.2) is 0 Å². The summed E-state index contributed by atoms with van der Waals surface area (Å²) in [6, 6.07) is 0. The Morgan fingerprint density at radius 2 is 2.45 bits per heavy atom. The van der Waals surface area contributed by atoms with Crippen molar-refractivity contribution in [2.45, 2.75) is 25.6 Å². The predicted octanol–water partition coefficient (Wildman–Crippen LogP) is 0.893. The van der Waals surface area contributed by atoms with Gasteiger partial charge >= 0.3 is 5.97 Å². The van der Waals surface area contributed by atoms with Crippen LogP contribution in [0.1, 0.15) is 13.3 Å². The van der Waals surface area contributed by atoms with E-state index in [9.17, 15) is 4.79 Å². The van der Waals surface area contributed by atoms with Crippen molar-refractivity contribution in [3.63, 3.8) is 0 Å². The van der Waals surface area contributed by atoms with Gasteiger partial charge in [0.25, 0.3) is 0 Å². The quantitative estimate of drug-likeness (QED) is 0.345. The molecule has 1 fully saturated rings. The molecule has 1 heterocycles. The number of hydrogen-bond acceptors (Lipinski definition) is 3. The number of epoxide rings is 1. The lowest BCUT2D eigenvalue weighted by molar-refractivity contribution is -0.137. The van der Waals surface area contributed by atoms with Crippen molar-refractivity contribution in [1.29, 1.82) is 0 Å². The van der Waals surface area contributed by atoms with Gasteiger partial charge in [-0.1, -0.05) is 6.58 Å². The Morgan fingerprint density at radius 1 is 1.82 bits per heavy atom. The van der Waals surface area contributed by atoms with Gasteiger partial charge < -0.3 is 9.47 Å². The van der Waals surface area contributed by atoms with Crippen LogP contribution in [0.5, 0.6) is 0 Å². The van der Waals surface area contributed by atoms with Crippen LogP contribution in [0.4, 0.5) is 0 Å². The number of esters is 1. The minimum atomic E-state index is -0.363. The van der Waals surface area contributed by atoms with Gasteiger partial charge in [-0.05, 0) is 6.92 Å². The number of carbonyl (C=O) groups excluding carboxylic acids is 1. The smallest absolute Gasteiger partial charge is 0.330 e. The monoisotopic (exact) mass is 156 g/mol. The van der Waals surface area contributed by atoms with Gasteiger partial charge in [-0.2, -0.15) is 0 Å². The first-order valence-corrected chi connectivity index (χ1v) is 3.68. The van der Waals surface area contributed by atoms with E-state index in [1.807, 2.05) is 6.92 Å². The highest BCUT2D eigenvalue weighted by Gasteiger charge is 2.33.